The first kappa shape index (κ1) is 11.1. The molecule has 0 aliphatic heterocycles. The predicted octanol–water partition coefficient (Wildman–Crippen LogP) is 1.81. The molecular formula is C13H20N4. The van der Waals surface area contributed by atoms with Crippen LogP contribution in [-0.2, 0) is 0 Å². The minimum Gasteiger partial charge on any atom is -0.271 e. The van der Waals surface area contributed by atoms with Gasteiger partial charge in [0.25, 0.3) is 0 Å². The highest BCUT2D eigenvalue weighted by Crippen LogP contribution is 2.50. The number of hydrogen-bond donors (Lipinski definition) is 2. The Labute approximate surface area is 102 Å². The fourth-order valence-corrected chi connectivity index (χ4v) is 3.78. The molecule has 2 fully saturated rings. The molecule has 2 aliphatic carbocycles. The first-order valence-corrected chi connectivity index (χ1v) is 6.59. The molecule has 2 aliphatic rings. The summed E-state index contributed by atoms with van der Waals surface area (Å²) < 4.78 is 0. The largest absolute Gasteiger partial charge is 0.271 e. The lowest BCUT2D eigenvalue weighted by Gasteiger charge is -2.26. The molecule has 0 spiro atoms. The highest BCUT2D eigenvalue weighted by Gasteiger charge is 2.40. The Morgan fingerprint density at radius 3 is 2.88 bits per heavy atom. The molecule has 4 nitrogen and oxygen atoms in total. The van der Waals surface area contributed by atoms with Crippen molar-refractivity contribution < 1.29 is 0 Å². The van der Waals surface area contributed by atoms with Gasteiger partial charge in [-0.05, 0) is 55.1 Å². The van der Waals surface area contributed by atoms with Crippen LogP contribution in [0.15, 0.2) is 18.5 Å². The number of nitrogens with two attached hydrogens (primary N) is 1. The minimum absolute atomic E-state index is 0.231. The van der Waals surface area contributed by atoms with Gasteiger partial charge in [-0.2, -0.15) is 10.2 Å². The highest BCUT2D eigenvalue weighted by atomic mass is 15.2. The molecule has 3 N–H and O–H groups in total. The standard InChI is InChI=1S/C13H20N4/c14-17-13(11-3-4-15-16-8-11)7-12-6-9-1-2-10(12)5-9/h3-4,8-10,12-13,17H,1-2,5-7,14H2. The van der Waals surface area contributed by atoms with Gasteiger partial charge < -0.3 is 0 Å². The second kappa shape index (κ2) is 4.70. The van der Waals surface area contributed by atoms with Gasteiger partial charge in [0.05, 0.1) is 6.20 Å². The number of hydrogen-bond acceptors (Lipinski definition) is 4. The quantitative estimate of drug-likeness (QED) is 0.614. The lowest BCUT2D eigenvalue weighted by molar-refractivity contribution is 0.280. The molecular weight excluding hydrogens is 212 g/mol. The summed E-state index contributed by atoms with van der Waals surface area (Å²) >= 11 is 0. The first-order valence-electron chi connectivity index (χ1n) is 6.59. The van der Waals surface area contributed by atoms with Gasteiger partial charge in [0.2, 0.25) is 0 Å². The van der Waals surface area contributed by atoms with Crippen molar-refractivity contribution in [1.29, 1.82) is 0 Å². The van der Waals surface area contributed by atoms with Crippen LogP contribution in [0.4, 0.5) is 0 Å². The lowest BCUT2D eigenvalue weighted by Crippen LogP contribution is -2.30. The summed E-state index contributed by atoms with van der Waals surface area (Å²) in [6, 6.07) is 2.24. The van der Waals surface area contributed by atoms with Crippen molar-refractivity contribution in [3.63, 3.8) is 0 Å². The summed E-state index contributed by atoms with van der Waals surface area (Å²) in [7, 11) is 0. The van der Waals surface area contributed by atoms with Crippen LogP contribution >= 0.6 is 0 Å². The Bertz CT molecular complexity index is 367. The number of rotatable bonds is 4. The molecule has 4 unspecified atom stereocenters. The maximum absolute atomic E-state index is 5.68. The number of aromatic nitrogens is 2. The van der Waals surface area contributed by atoms with Crippen LogP contribution in [0.2, 0.25) is 0 Å². The smallest absolute Gasteiger partial charge is 0.0544 e. The van der Waals surface area contributed by atoms with E-state index in [9.17, 15) is 0 Å². The average molecular weight is 232 g/mol. The number of nitrogens with one attached hydrogen (secondary N) is 1. The normalized spacial score (nSPS) is 32.9. The molecule has 1 heterocycles. The third-order valence-electron chi connectivity index (χ3n) is 4.63. The van der Waals surface area contributed by atoms with Gasteiger partial charge in [0, 0.05) is 12.2 Å². The second-order valence-electron chi connectivity index (χ2n) is 5.57. The Balaban J connectivity index is 1.67. The number of fused-ring (bicyclic) bond motifs is 2. The molecule has 0 saturated heterocycles. The van der Waals surface area contributed by atoms with E-state index >= 15 is 0 Å². The first-order chi connectivity index (χ1) is 8.36. The van der Waals surface area contributed by atoms with Gasteiger partial charge in [-0.1, -0.05) is 6.42 Å². The van der Waals surface area contributed by atoms with Crippen molar-refractivity contribution in [3.05, 3.63) is 24.0 Å². The molecule has 0 aromatic carbocycles. The van der Waals surface area contributed by atoms with Crippen LogP contribution in [0.5, 0.6) is 0 Å². The van der Waals surface area contributed by atoms with E-state index in [1.54, 1.807) is 6.20 Å². The van der Waals surface area contributed by atoms with Gasteiger partial charge >= 0.3 is 0 Å². The highest BCUT2D eigenvalue weighted by molar-refractivity contribution is 5.11. The Kier molecular flexibility index (Phi) is 3.07. The van der Waals surface area contributed by atoms with Crippen LogP contribution in [-0.4, -0.2) is 10.2 Å². The zero-order valence-electron chi connectivity index (χ0n) is 10.0. The van der Waals surface area contributed by atoms with E-state index in [0.29, 0.717) is 0 Å². The molecule has 2 bridgehead atoms. The van der Waals surface area contributed by atoms with Crippen molar-refractivity contribution in [2.24, 2.45) is 23.6 Å². The molecule has 0 radical (unpaired) electrons. The lowest BCUT2D eigenvalue weighted by atomic mass is 9.83. The summed E-state index contributed by atoms with van der Waals surface area (Å²) in [5.74, 6) is 8.48. The van der Waals surface area contributed by atoms with Crippen molar-refractivity contribution in [2.45, 2.75) is 38.1 Å². The van der Waals surface area contributed by atoms with Crippen LogP contribution in [0.3, 0.4) is 0 Å². The number of hydrazine groups is 1. The van der Waals surface area contributed by atoms with Gasteiger partial charge in [0.1, 0.15) is 0 Å². The fraction of sp³-hybridized carbons (Fsp3) is 0.692. The van der Waals surface area contributed by atoms with Crippen molar-refractivity contribution in [1.82, 2.24) is 15.6 Å². The van der Waals surface area contributed by atoms with Gasteiger partial charge in [0.15, 0.2) is 0 Å². The summed E-state index contributed by atoms with van der Waals surface area (Å²) in [5.41, 5.74) is 4.09. The maximum Gasteiger partial charge on any atom is 0.0544 e. The van der Waals surface area contributed by atoms with E-state index in [0.717, 1.165) is 29.7 Å². The van der Waals surface area contributed by atoms with Crippen molar-refractivity contribution >= 4 is 0 Å². The molecule has 92 valence electrons. The molecule has 3 rings (SSSR count). The monoisotopic (exact) mass is 232 g/mol. The molecule has 2 saturated carbocycles. The molecule has 17 heavy (non-hydrogen) atoms. The van der Waals surface area contributed by atoms with Gasteiger partial charge in [-0.15, -0.1) is 0 Å². The fourth-order valence-electron chi connectivity index (χ4n) is 3.78. The van der Waals surface area contributed by atoms with Gasteiger partial charge in [-0.3, -0.25) is 11.3 Å². The van der Waals surface area contributed by atoms with E-state index < -0.39 is 0 Å². The average Bonchev–Trinajstić information content (AvgIpc) is 2.99. The zero-order chi connectivity index (χ0) is 11.7. The van der Waals surface area contributed by atoms with E-state index in [1.807, 2.05) is 12.3 Å². The van der Waals surface area contributed by atoms with E-state index in [4.69, 9.17) is 5.84 Å². The Morgan fingerprint density at radius 1 is 1.35 bits per heavy atom. The third-order valence-corrected chi connectivity index (χ3v) is 4.63. The maximum atomic E-state index is 5.68. The van der Waals surface area contributed by atoms with Gasteiger partial charge in [-0.25, -0.2) is 0 Å². The SMILES string of the molecule is NNC(CC1CC2CCC1C2)c1ccnnc1. The number of nitrogens with zero attached hydrogens (tertiary/aromatic N) is 2. The topological polar surface area (TPSA) is 63.8 Å². The molecule has 0 amide bonds. The molecule has 1 aromatic rings. The summed E-state index contributed by atoms with van der Waals surface area (Å²) in [6.07, 6.45) is 10.4. The summed E-state index contributed by atoms with van der Waals surface area (Å²) in [5, 5.41) is 7.74. The van der Waals surface area contributed by atoms with Crippen LogP contribution in [0.1, 0.15) is 43.7 Å². The van der Waals surface area contributed by atoms with Crippen LogP contribution in [0.25, 0.3) is 0 Å². The summed E-state index contributed by atoms with van der Waals surface area (Å²) in [4.78, 5) is 0. The summed E-state index contributed by atoms with van der Waals surface area (Å²) in [6.45, 7) is 0. The van der Waals surface area contributed by atoms with E-state index in [-0.39, 0.29) is 6.04 Å². The van der Waals surface area contributed by atoms with E-state index in [2.05, 4.69) is 15.6 Å². The van der Waals surface area contributed by atoms with Crippen molar-refractivity contribution in [2.75, 3.05) is 0 Å². The third kappa shape index (κ3) is 2.19. The molecule has 1 aromatic heterocycles. The van der Waals surface area contributed by atoms with Crippen LogP contribution < -0.4 is 11.3 Å². The van der Waals surface area contributed by atoms with E-state index in [1.165, 1.54) is 25.7 Å². The van der Waals surface area contributed by atoms with Crippen molar-refractivity contribution in [3.8, 4) is 0 Å². The predicted molar refractivity (Wildman–Crippen MR) is 65.7 cm³/mol. The molecule has 4 atom stereocenters. The zero-order valence-corrected chi connectivity index (χ0v) is 10.0. The Hall–Kier alpha value is -1.00. The minimum atomic E-state index is 0.231. The second-order valence-corrected chi connectivity index (χ2v) is 5.57. The molecule has 4 heteroatoms. The van der Waals surface area contributed by atoms with Crippen LogP contribution in [0, 0.1) is 17.8 Å². The Morgan fingerprint density at radius 2 is 2.29 bits per heavy atom.